The molecule has 0 aliphatic heterocycles. The van der Waals surface area contributed by atoms with Crippen LogP contribution in [0.3, 0.4) is 0 Å². The zero-order valence-electron chi connectivity index (χ0n) is 16.3. The standard InChI is InChI=1S/C22H23N3O3S/c1-15(2)28-19-11-7-6-10-17(19)13-23-20(26)12-18-14-29-22(24-18)25-21(27)16-8-4-3-5-9-16/h3-11,14-15H,12-13H2,1-2H3,(H,23,26)(H,24,25,27). The van der Waals surface area contributed by atoms with E-state index in [-0.39, 0.29) is 24.3 Å². The van der Waals surface area contributed by atoms with Crippen molar-refractivity contribution in [3.8, 4) is 5.75 Å². The molecule has 0 unspecified atom stereocenters. The fourth-order valence-corrected chi connectivity index (χ4v) is 3.35. The topological polar surface area (TPSA) is 80.3 Å². The minimum Gasteiger partial charge on any atom is -0.491 e. The minimum atomic E-state index is -0.224. The van der Waals surface area contributed by atoms with Crippen molar-refractivity contribution in [2.45, 2.75) is 32.9 Å². The Morgan fingerprint density at radius 1 is 1.07 bits per heavy atom. The van der Waals surface area contributed by atoms with E-state index in [0.29, 0.717) is 22.9 Å². The van der Waals surface area contributed by atoms with Crippen LogP contribution in [0.2, 0.25) is 0 Å². The number of anilines is 1. The van der Waals surface area contributed by atoms with Gasteiger partial charge in [-0.3, -0.25) is 14.9 Å². The first-order valence-corrected chi connectivity index (χ1v) is 10.2. The largest absolute Gasteiger partial charge is 0.491 e. The summed E-state index contributed by atoms with van der Waals surface area (Å²) in [5.74, 6) is 0.399. The molecule has 0 spiro atoms. The van der Waals surface area contributed by atoms with E-state index in [1.165, 1.54) is 11.3 Å². The second-order valence-electron chi connectivity index (χ2n) is 6.69. The lowest BCUT2D eigenvalue weighted by atomic mass is 10.2. The van der Waals surface area contributed by atoms with Crippen LogP contribution in [0.15, 0.2) is 60.0 Å². The molecule has 0 aliphatic carbocycles. The summed E-state index contributed by atoms with van der Waals surface area (Å²) < 4.78 is 5.77. The fraction of sp³-hybridized carbons (Fsp3) is 0.227. The van der Waals surface area contributed by atoms with Crippen LogP contribution in [-0.2, 0) is 17.8 Å². The quantitative estimate of drug-likeness (QED) is 0.588. The second kappa shape index (κ2) is 9.84. The van der Waals surface area contributed by atoms with Gasteiger partial charge in [0.05, 0.1) is 18.2 Å². The van der Waals surface area contributed by atoms with E-state index in [1.807, 2.05) is 44.2 Å². The Labute approximate surface area is 173 Å². The Morgan fingerprint density at radius 2 is 1.79 bits per heavy atom. The second-order valence-corrected chi connectivity index (χ2v) is 7.55. The molecule has 150 valence electrons. The van der Waals surface area contributed by atoms with E-state index in [2.05, 4.69) is 15.6 Å². The van der Waals surface area contributed by atoms with Gasteiger partial charge in [-0.1, -0.05) is 36.4 Å². The third-order valence-corrected chi connectivity index (χ3v) is 4.77. The maximum atomic E-state index is 12.3. The molecule has 0 saturated heterocycles. The summed E-state index contributed by atoms with van der Waals surface area (Å²) in [7, 11) is 0. The number of ether oxygens (including phenoxy) is 1. The molecule has 7 heteroatoms. The lowest BCUT2D eigenvalue weighted by Crippen LogP contribution is -2.25. The molecule has 3 rings (SSSR count). The number of nitrogens with zero attached hydrogens (tertiary/aromatic N) is 1. The highest BCUT2D eigenvalue weighted by Gasteiger charge is 2.12. The van der Waals surface area contributed by atoms with Crippen molar-refractivity contribution in [3.05, 3.63) is 76.8 Å². The van der Waals surface area contributed by atoms with Gasteiger partial charge >= 0.3 is 0 Å². The number of aromatic nitrogens is 1. The lowest BCUT2D eigenvalue weighted by molar-refractivity contribution is -0.120. The molecule has 2 N–H and O–H groups in total. The number of benzene rings is 2. The molecule has 29 heavy (non-hydrogen) atoms. The van der Waals surface area contributed by atoms with Crippen LogP contribution < -0.4 is 15.4 Å². The smallest absolute Gasteiger partial charge is 0.257 e. The number of thiazole rings is 1. The van der Waals surface area contributed by atoms with Crippen LogP contribution in [0.5, 0.6) is 5.75 Å². The van der Waals surface area contributed by atoms with Crippen molar-refractivity contribution in [1.29, 1.82) is 0 Å². The Kier molecular flexibility index (Phi) is 6.97. The fourth-order valence-electron chi connectivity index (χ4n) is 2.64. The molecular formula is C22H23N3O3S. The van der Waals surface area contributed by atoms with E-state index in [0.717, 1.165) is 11.3 Å². The Morgan fingerprint density at radius 3 is 2.55 bits per heavy atom. The van der Waals surface area contributed by atoms with Gasteiger partial charge in [0.15, 0.2) is 5.13 Å². The number of hydrogen-bond donors (Lipinski definition) is 2. The van der Waals surface area contributed by atoms with Crippen LogP contribution in [0, 0.1) is 0 Å². The van der Waals surface area contributed by atoms with Gasteiger partial charge in [0.1, 0.15) is 5.75 Å². The lowest BCUT2D eigenvalue weighted by Gasteiger charge is -2.14. The zero-order valence-corrected chi connectivity index (χ0v) is 17.2. The molecule has 2 aromatic carbocycles. The van der Waals surface area contributed by atoms with Gasteiger partial charge in [-0.2, -0.15) is 0 Å². The van der Waals surface area contributed by atoms with Gasteiger partial charge in [-0.15, -0.1) is 11.3 Å². The molecule has 3 aromatic rings. The molecule has 1 aromatic heterocycles. The number of carbonyl (C=O) groups excluding carboxylic acids is 2. The third kappa shape index (κ3) is 6.15. The first kappa shape index (κ1) is 20.5. The molecular weight excluding hydrogens is 386 g/mol. The molecule has 0 aliphatic rings. The average molecular weight is 410 g/mol. The van der Waals surface area contributed by atoms with Crippen molar-refractivity contribution < 1.29 is 14.3 Å². The van der Waals surface area contributed by atoms with Crippen molar-refractivity contribution in [3.63, 3.8) is 0 Å². The first-order chi connectivity index (χ1) is 14.0. The van der Waals surface area contributed by atoms with Crippen LogP contribution in [0.25, 0.3) is 0 Å². The van der Waals surface area contributed by atoms with E-state index in [4.69, 9.17) is 4.74 Å². The Balaban J connectivity index is 1.52. The molecule has 1 heterocycles. The van der Waals surface area contributed by atoms with Crippen molar-refractivity contribution >= 4 is 28.3 Å². The van der Waals surface area contributed by atoms with E-state index in [9.17, 15) is 9.59 Å². The molecule has 0 bridgehead atoms. The Bertz CT molecular complexity index is 970. The number of amides is 2. The maximum Gasteiger partial charge on any atom is 0.257 e. The van der Waals surface area contributed by atoms with Gasteiger partial charge in [-0.25, -0.2) is 4.98 Å². The summed E-state index contributed by atoms with van der Waals surface area (Å²) in [5.41, 5.74) is 2.09. The normalized spacial score (nSPS) is 10.6. The van der Waals surface area contributed by atoms with Gasteiger partial charge in [-0.05, 0) is 32.0 Å². The molecule has 2 amide bonds. The molecule has 6 nitrogen and oxygen atoms in total. The number of rotatable bonds is 8. The summed E-state index contributed by atoms with van der Waals surface area (Å²) in [6, 6.07) is 16.6. The molecule has 0 saturated carbocycles. The van der Waals surface area contributed by atoms with Crippen molar-refractivity contribution in [2.24, 2.45) is 0 Å². The van der Waals surface area contributed by atoms with Crippen LogP contribution in [0.1, 0.15) is 35.5 Å². The van der Waals surface area contributed by atoms with E-state index >= 15 is 0 Å². The Hall–Kier alpha value is -3.19. The number of para-hydroxylation sites is 1. The molecule has 0 radical (unpaired) electrons. The van der Waals surface area contributed by atoms with E-state index in [1.54, 1.807) is 29.6 Å². The number of hydrogen-bond acceptors (Lipinski definition) is 5. The van der Waals surface area contributed by atoms with Crippen LogP contribution in [0.4, 0.5) is 5.13 Å². The van der Waals surface area contributed by atoms with Crippen LogP contribution >= 0.6 is 11.3 Å². The summed E-state index contributed by atoms with van der Waals surface area (Å²) >= 11 is 1.30. The van der Waals surface area contributed by atoms with Crippen molar-refractivity contribution in [2.75, 3.05) is 5.32 Å². The van der Waals surface area contributed by atoms with Gasteiger partial charge in [0.25, 0.3) is 5.91 Å². The zero-order chi connectivity index (χ0) is 20.6. The minimum absolute atomic E-state index is 0.0615. The maximum absolute atomic E-state index is 12.3. The van der Waals surface area contributed by atoms with Crippen LogP contribution in [-0.4, -0.2) is 22.9 Å². The summed E-state index contributed by atoms with van der Waals surface area (Å²) in [6.07, 6.45) is 0.205. The average Bonchev–Trinajstić information content (AvgIpc) is 3.14. The predicted octanol–water partition coefficient (Wildman–Crippen LogP) is 4.04. The molecule has 0 atom stereocenters. The highest BCUT2D eigenvalue weighted by atomic mass is 32.1. The van der Waals surface area contributed by atoms with Crippen molar-refractivity contribution in [1.82, 2.24) is 10.3 Å². The van der Waals surface area contributed by atoms with E-state index < -0.39 is 0 Å². The highest BCUT2D eigenvalue weighted by Crippen LogP contribution is 2.20. The summed E-state index contributed by atoms with van der Waals surface area (Å²) in [4.78, 5) is 28.8. The predicted molar refractivity (Wildman–Crippen MR) is 114 cm³/mol. The van der Waals surface area contributed by atoms with Gasteiger partial charge < -0.3 is 10.1 Å². The summed E-state index contributed by atoms with van der Waals surface area (Å²) in [5, 5.41) is 7.89. The third-order valence-electron chi connectivity index (χ3n) is 3.96. The number of nitrogens with one attached hydrogen (secondary N) is 2. The monoisotopic (exact) mass is 409 g/mol. The first-order valence-electron chi connectivity index (χ1n) is 9.33. The van der Waals surface area contributed by atoms with Gasteiger partial charge in [0, 0.05) is 23.1 Å². The SMILES string of the molecule is CC(C)Oc1ccccc1CNC(=O)Cc1csc(NC(=O)c2ccccc2)n1. The van der Waals surface area contributed by atoms with Gasteiger partial charge in [0.2, 0.25) is 5.91 Å². The number of carbonyl (C=O) groups is 2. The highest BCUT2D eigenvalue weighted by molar-refractivity contribution is 7.14. The molecule has 0 fully saturated rings. The summed E-state index contributed by atoms with van der Waals surface area (Å²) in [6.45, 7) is 4.31.